The Labute approximate surface area is 127 Å². The number of methoxy groups -OCH3 is 2. The summed E-state index contributed by atoms with van der Waals surface area (Å²) in [5.41, 5.74) is 0.127. The van der Waals surface area contributed by atoms with Crippen LogP contribution in [0.15, 0.2) is 18.5 Å². The summed E-state index contributed by atoms with van der Waals surface area (Å²) in [4.78, 5) is 19.9. The zero-order valence-corrected chi connectivity index (χ0v) is 12.4. The van der Waals surface area contributed by atoms with Gasteiger partial charge >= 0.3 is 5.97 Å². The molecule has 1 N–H and O–H groups in total. The summed E-state index contributed by atoms with van der Waals surface area (Å²) in [5.74, 6) is 1.34. The number of rotatable bonds is 4. The first kappa shape index (κ1) is 13.5. The summed E-state index contributed by atoms with van der Waals surface area (Å²) in [6.07, 6.45) is 7.11. The molecule has 1 saturated carbocycles. The van der Waals surface area contributed by atoms with Gasteiger partial charge in [0.05, 0.1) is 26.4 Å². The molecule has 3 aliphatic rings. The van der Waals surface area contributed by atoms with Gasteiger partial charge < -0.3 is 19.5 Å². The molecular formula is C15H17N3O4. The summed E-state index contributed by atoms with van der Waals surface area (Å²) in [5, 5.41) is 3.38. The van der Waals surface area contributed by atoms with Crippen LogP contribution in [-0.2, 0) is 9.47 Å². The number of nitrogens with one attached hydrogen (secondary N) is 1. The molecule has 0 spiro atoms. The van der Waals surface area contributed by atoms with Crippen LogP contribution in [0.4, 0.5) is 5.82 Å². The number of hydrogen-bond donors (Lipinski definition) is 1. The standard InChI is InChI=1S/C15H17N3O4/c1-20-13-12(15(19)21-2)16-6-17-14(13)18-8-5-7-9-3-4-10(22-9)11(7)8/h3-4,6-11H,5H2,1-2H3,(H,16,17,18)/t7-,8+,9-,10+,11+/m0/s1. The summed E-state index contributed by atoms with van der Waals surface area (Å²) in [6.45, 7) is 0. The minimum atomic E-state index is -0.542. The van der Waals surface area contributed by atoms with E-state index in [1.165, 1.54) is 20.5 Å². The third kappa shape index (κ3) is 1.81. The Morgan fingerprint density at radius 1 is 1.32 bits per heavy atom. The number of esters is 1. The van der Waals surface area contributed by atoms with E-state index in [9.17, 15) is 4.79 Å². The molecule has 1 aromatic rings. The quantitative estimate of drug-likeness (QED) is 0.657. The van der Waals surface area contributed by atoms with Crippen LogP contribution in [0.1, 0.15) is 16.9 Å². The summed E-state index contributed by atoms with van der Waals surface area (Å²) >= 11 is 0. The summed E-state index contributed by atoms with van der Waals surface area (Å²) < 4.78 is 15.9. The molecule has 0 amide bonds. The van der Waals surface area contributed by atoms with E-state index in [0.29, 0.717) is 23.4 Å². The second-order valence-corrected chi connectivity index (χ2v) is 5.77. The molecule has 0 aromatic carbocycles. The molecule has 0 radical (unpaired) electrons. The van der Waals surface area contributed by atoms with Crippen molar-refractivity contribution in [3.05, 3.63) is 24.2 Å². The van der Waals surface area contributed by atoms with E-state index in [1.807, 2.05) is 0 Å². The number of carbonyl (C=O) groups is 1. The maximum atomic E-state index is 11.8. The van der Waals surface area contributed by atoms with Gasteiger partial charge in [0.25, 0.3) is 0 Å². The van der Waals surface area contributed by atoms with E-state index < -0.39 is 5.97 Å². The average molecular weight is 303 g/mol. The number of nitrogens with zero attached hydrogens (tertiary/aromatic N) is 2. The van der Waals surface area contributed by atoms with E-state index in [2.05, 4.69) is 27.4 Å². The van der Waals surface area contributed by atoms with Gasteiger partial charge in [-0.2, -0.15) is 0 Å². The lowest BCUT2D eigenvalue weighted by molar-refractivity contribution is 0.0589. The fraction of sp³-hybridized carbons (Fsp3) is 0.533. The molecule has 22 heavy (non-hydrogen) atoms. The van der Waals surface area contributed by atoms with Crippen molar-refractivity contribution in [3.8, 4) is 5.75 Å². The van der Waals surface area contributed by atoms with Crippen molar-refractivity contribution in [3.63, 3.8) is 0 Å². The summed E-state index contributed by atoms with van der Waals surface area (Å²) in [6, 6.07) is 0.263. The highest BCUT2D eigenvalue weighted by Gasteiger charge is 2.56. The molecule has 5 atom stereocenters. The first-order valence-corrected chi connectivity index (χ1v) is 7.30. The molecule has 116 valence electrons. The van der Waals surface area contributed by atoms with E-state index in [-0.39, 0.29) is 23.9 Å². The van der Waals surface area contributed by atoms with Crippen molar-refractivity contribution in [1.82, 2.24) is 9.97 Å². The van der Waals surface area contributed by atoms with Crippen LogP contribution in [0.25, 0.3) is 0 Å². The van der Waals surface area contributed by atoms with Crippen molar-refractivity contribution < 1.29 is 19.0 Å². The lowest BCUT2D eigenvalue weighted by atomic mass is 9.64. The smallest absolute Gasteiger partial charge is 0.360 e. The van der Waals surface area contributed by atoms with Crippen LogP contribution in [-0.4, -0.2) is 48.4 Å². The van der Waals surface area contributed by atoms with Gasteiger partial charge in [0.2, 0.25) is 0 Å². The maximum Gasteiger partial charge on any atom is 0.360 e. The lowest BCUT2D eigenvalue weighted by Gasteiger charge is -2.44. The normalized spacial score (nSPS) is 34.0. The number of anilines is 1. The zero-order valence-electron chi connectivity index (χ0n) is 12.4. The van der Waals surface area contributed by atoms with Crippen LogP contribution >= 0.6 is 0 Å². The number of hydrogen-bond acceptors (Lipinski definition) is 7. The lowest BCUT2D eigenvalue weighted by Crippen LogP contribution is -2.50. The van der Waals surface area contributed by atoms with Crippen molar-refractivity contribution in [2.75, 3.05) is 19.5 Å². The topological polar surface area (TPSA) is 82.6 Å². The van der Waals surface area contributed by atoms with Crippen molar-refractivity contribution in [1.29, 1.82) is 0 Å². The second-order valence-electron chi connectivity index (χ2n) is 5.77. The highest BCUT2D eigenvalue weighted by molar-refractivity contribution is 5.91. The molecule has 7 nitrogen and oxygen atoms in total. The number of carbonyl (C=O) groups excluding carboxylic acids is 1. The number of fused-ring (bicyclic) bond motifs is 5. The largest absolute Gasteiger partial charge is 0.491 e. The van der Waals surface area contributed by atoms with Gasteiger partial charge in [-0.15, -0.1) is 0 Å². The van der Waals surface area contributed by atoms with E-state index in [1.54, 1.807) is 0 Å². The average Bonchev–Trinajstić information content (AvgIpc) is 3.08. The molecule has 2 aliphatic heterocycles. The highest BCUT2D eigenvalue weighted by Crippen LogP contribution is 2.52. The Bertz CT molecular complexity index is 648. The SMILES string of the molecule is COC(=O)c1ncnc(N[C@@H]2C[C@@H]3[C@H]2[C@H]2C=C[C@@H]3O2)c1OC. The van der Waals surface area contributed by atoms with Gasteiger partial charge in [-0.25, -0.2) is 14.8 Å². The molecule has 2 bridgehead atoms. The molecule has 1 aromatic heterocycles. The third-order valence-corrected chi connectivity index (χ3v) is 4.80. The van der Waals surface area contributed by atoms with E-state index in [0.717, 1.165) is 6.42 Å². The van der Waals surface area contributed by atoms with E-state index in [4.69, 9.17) is 14.2 Å². The maximum absolute atomic E-state index is 11.8. The molecule has 1 saturated heterocycles. The fourth-order valence-corrected chi connectivity index (χ4v) is 3.73. The number of aromatic nitrogens is 2. The fourth-order valence-electron chi connectivity index (χ4n) is 3.73. The Hall–Kier alpha value is -2.15. The Balaban J connectivity index is 1.56. The summed E-state index contributed by atoms with van der Waals surface area (Å²) in [7, 11) is 2.80. The minimum absolute atomic E-state index is 0.127. The van der Waals surface area contributed by atoms with Crippen LogP contribution in [0.2, 0.25) is 0 Å². The first-order chi connectivity index (χ1) is 10.7. The van der Waals surface area contributed by atoms with Crippen molar-refractivity contribution in [2.45, 2.75) is 24.7 Å². The molecule has 2 fully saturated rings. The Morgan fingerprint density at radius 2 is 2.14 bits per heavy atom. The van der Waals surface area contributed by atoms with Crippen LogP contribution in [0.5, 0.6) is 5.75 Å². The third-order valence-electron chi connectivity index (χ3n) is 4.80. The van der Waals surface area contributed by atoms with Crippen LogP contribution in [0, 0.1) is 11.8 Å². The van der Waals surface area contributed by atoms with Crippen LogP contribution < -0.4 is 10.1 Å². The van der Waals surface area contributed by atoms with Gasteiger partial charge in [-0.3, -0.25) is 0 Å². The second kappa shape index (κ2) is 4.95. The Kier molecular flexibility index (Phi) is 3.04. The minimum Gasteiger partial charge on any atom is -0.491 e. The molecular weight excluding hydrogens is 286 g/mol. The van der Waals surface area contributed by atoms with Gasteiger partial charge in [-0.1, -0.05) is 12.2 Å². The molecule has 7 heteroatoms. The van der Waals surface area contributed by atoms with Gasteiger partial charge in [0.15, 0.2) is 17.3 Å². The molecule has 0 unspecified atom stereocenters. The first-order valence-electron chi connectivity index (χ1n) is 7.30. The zero-order chi connectivity index (χ0) is 15.3. The van der Waals surface area contributed by atoms with Gasteiger partial charge in [0.1, 0.15) is 6.33 Å². The number of ether oxygens (including phenoxy) is 3. The van der Waals surface area contributed by atoms with Gasteiger partial charge in [-0.05, 0) is 12.3 Å². The molecule has 3 heterocycles. The van der Waals surface area contributed by atoms with Gasteiger partial charge in [0, 0.05) is 12.0 Å². The monoisotopic (exact) mass is 303 g/mol. The predicted molar refractivity (Wildman–Crippen MR) is 76.7 cm³/mol. The van der Waals surface area contributed by atoms with Crippen molar-refractivity contribution >= 4 is 11.8 Å². The van der Waals surface area contributed by atoms with E-state index >= 15 is 0 Å². The molecule has 1 aliphatic carbocycles. The predicted octanol–water partition coefficient (Wildman–Crippen LogP) is 1.03. The van der Waals surface area contributed by atoms with Crippen LogP contribution in [0.3, 0.4) is 0 Å². The Morgan fingerprint density at radius 3 is 2.86 bits per heavy atom. The van der Waals surface area contributed by atoms with Crippen molar-refractivity contribution in [2.24, 2.45) is 11.8 Å². The molecule has 4 rings (SSSR count). The highest BCUT2D eigenvalue weighted by atomic mass is 16.5.